The van der Waals surface area contributed by atoms with Gasteiger partial charge in [-0.15, -0.1) is 0 Å². The van der Waals surface area contributed by atoms with E-state index in [2.05, 4.69) is 15.4 Å². The van der Waals surface area contributed by atoms with Gasteiger partial charge in [0.25, 0.3) is 5.91 Å². The van der Waals surface area contributed by atoms with Crippen LogP contribution in [0.4, 0.5) is 4.79 Å². The first-order valence-electron chi connectivity index (χ1n) is 6.73. The van der Waals surface area contributed by atoms with Crippen molar-refractivity contribution in [3.63, 3.8) is 0 Å². The first-order valence-corrected chi connectivity index (χ1v) is 6.73. The minimum atomic E-state index is -0.938. The predicted octanol–water partition coefficient (Wildman–Crippen LogP) is 0.417. The number of hydrogen-bond donors (Lipinski definition) is 3. The maximum atomic E-state index is 11.8. The predicted molar refractivity (Wildman–Crippen MR) is 79.3 cm³/mol. The molecular formula is C14H22N4O4. The standard InChI is InChI=1S/C14H22N4O4/c1-6-22-13(21)18-11(19)9(7-15)8-17-10(12(20)16-5)14(2,3)4/h8,10,17H,6H2,1-5H3,(H,16,20)(H,18,19,21)/b9-8-/t10-/m1/s1. The van der Waals surface area contributed by atoms with Crippen molar-refractivity contribution in [2.75, 3.05) is 13.7 Å². The highest BCUT2D eigenvalue weighted by Crippen LogP contribution is 2.19. The molecule has 0 fully saturated rings. The normalized spacial score (nSPS) is 12.6. The third kappa shape index (κ3) is 6.26. The summed E-state index contributed by atoms with van der Waals surface area (Å²) in [5.41, 5.74) is -0.791. The number of imide groups is 1. The number of carbonyl (C=O) groups is 3. The fraction of sp³-hybridized carbons (Fsp3) is 0.571. The maximum Gasteiger partial charge on any atom is 0.414 e. The maximum absolute atomic E-state index is 11.8. The highest BCUT2D eigenvalue weighted by Gasteiger charge is 2.30. The highest BCUT2D eigenvalue weighted by atomic mass is 16.5. The van der Waals surface area contributed by atoms with Crippen LogP contribution in [0, 0.1) is 16.7 Å². The fourth-order valence-corrected chi connectivity index (χ4v) is 1.51. The minimum Gasteiger partial charge on any atom is -0.450 e. The molecule has 0 unspecified atom stereocenters. The molecule has 0 bridgehead atoms. The van der Waals surface area contributed by atoms with Crippen LogP contribution >= 0.6 is 0 Å². The zero-order chi connectivity index (χ0) is 17.3. The lowest BCUT2D eigenvalue weighted by Crippen LogP contribution is -2.49. The number of nitrogens with zero attached hydrogens (tertiary/aromatic N) is 1. The topological polar surface area (TPSA) is 120 Å². The van der Waals surface area contributed by atoms with Crippen LogP contribution in [-0.2, 0) is 14.3 Å². The Morgan fingerprint density at radius 1 is 1.32 bits per heavy atom. The fourth-order valence-electron chi connectivity index (χ4n) is 1.51. The van der Waals surface area contributed by atoms with E-state index in [1.54, 1.807) is 13.0 Å². The average Bonchev–Trinajstić information content (AvgIpc) is 2.41. The Hall–Kier alpha value is -2.56. The van der Waals surface area contributed by atoms with E-state index < -0.39 is 23.5 Å². The Kier molecular flexibility index (Phi) is 7.66. The van der Waals surface area contributed by atoms with Crippen LogP contribution in [-0.4, -0.2) is 37.6 Å². The number of nitriles is 1. The van der Waals surface area contributed by atoms with E-state index in [0.29, 0.717) is 0 Å². The molecule has 122 valence electrons. The largest absolute Gasteiger partial charge is 0.450 e. The van der Waals surface area contributed by atoms with Gasteiger partial charge >= 0.3 is 6.09 Å². The van der Waals surface area contributed by atoms with Gasteiger partial charge in [0.1, 0.15) is 17.7 Å². The molecule has 0 aliphatic rings. The second-order valence-electron chi connectivity index (χ2n) is 5.42. The van der Waals surface area contributed by atoms with Crippen molar-refractivity contribution >= 4 is 17.9 Å². The summed E-state index contributed by atoms with van der Waals surface area (Å²) >= 11 is 0. The smallest absolute Gasteiger partial charge is 0.414 e. The molecule has 1 atom stereocenters. The highest BCUT2D eigenvalue weighted by molar-refractivity contribution is 6.04. The van der Waals surface area contributed by atoms with E-state index in [1.165, 1.54) is 7.05 Å². The van der Waals surface area contributed by atoms with Crippen molar-refractivity contribution in [1.82, 2.24) is 16.0 Å². The molecule has 0 aromatic rings. The number of likely N-dealkylation sites (N-methyl/N-ethyl adjacent to an activating group) is 1. The van der Waals surface area contributed by atoms with Crippen LogP contribution in [0.2, 0.25) is 0 Å². The second-order valence-corrected chi connectivity index (χ2v) is 5.42. The summed E-state index contributed by atoms with van der Waals surface area (Å²) in [6.07, 6.45) is 0.173. The van der Waals surface area contributed by atoms with Crippen molar-refractivity contribution < 1.29 is 19.1 Å². The summed E-state index contributed by atoms with van der Waals surface area (Å²) in [6, 6.07) is 1.00. The molecule has 0 aliphatic carbocycles. The Morgan fingerprint density at radius 3 is 2.32 bits per heavy atom. The van der Waals surface area contributed by atoms with Gasteiger partial charge in [-0.1, -0.05) is 20.8 Å². The zero-order valence-corrected chi connectivity index (χ0v) is 13.4. The molecule has 0 saturated heterocycles. The van der Waals surface area contributed by atoms with Crippen molar-refractivity contribution in [3.05, 3.63) is 11.8 Å². The third-order valence-corrected chi connectivity index (χ3v) is 2.63. The van der Waals surface area contributed by atoms with Gasteiger partial charge in [-0.05, 0) is 12.3 Å². The van der Waals surface area contributed by atoms with Gasteiger partial charge in [0, 0.05) is 13.2 Å². The molecule has 0 aromatic carbocycles. The molecule has 0 aromatic heterocycles. The lowest BCUT2D eigenvalue weighted by molar-refractivity contribution is -0.125. The van der Waals surface area contributed by atoms with E-state index in [1.807, 2.05) is 26.1 Å². The molecule has 0 spiro atoms. The summed E-state index contributed by atoms with van der Waals surface area (Å²) in [6.45, 7) is 7.19. The molecule has 3 amide bonds. The van der Waals surface area contributed by atoms with Gasteiger partial charge in [-0.3, -0.25) is 14.9 Å². The molecule has 0 radical (unpaired) electrons. The Bertz CT molecular complexity index is 500. The lowest BCUT2D eigenvalue weighted by Gasteiger charge is -2.29. The first-order chi connectivity index (χ1) is 10.2. The zero-order valence-electron chi connectivity index (χ0n) is 13.4. The van der Waals surface area contributed by atoms with E-state index in [-0.39, 0.29) is 18.1 Å². The summed E-state index contributed by atoms with van der Waals surface area (Å²) < 4.78 is 4.55. The van der Waals surface area contributed by atoms with Crippen molar-refractivity contribution in [3.8, 4) is 6.07 Å². The van der Waals surface area contributed by atoms with Crippen LogP contribution in [0.25, 0.3) is 0 Å². The quantitative estimate of drug-likeness (QED) is 0.500. The lowest BCUT2D eigenvalue weighted by atomic mass is 9.86. The number of ether oxygens (including phenoxy) is 1. The van der Waals surface area contributed by atoms with Crippen LogP contribution in [0.1, 0.15) is 27.7 Å². The molecule has 3 N–H and O–H groups in total. The van der Waals surface area contributed by atoms with Gasteiger partial charge in [0.15, 0.2) is 0 Å². The van der Waals surface area contributed by atoms with Gasteiger partial charge < -0.3 is 15.4 Å². The summed E-state index contributed by atoms with van der Waals surface area (Å²) in [5, 5.41) is 16.1. The van der Waals surface area contributed by atoms with Crippen molar-refractivity contribution in [2.45, 2.75) is 33.7 Å². The third-order valence-electron chi connectivity index (χ3n) is 2.63. The van der Waals surface area contributed by atoms with E-state index in [0.717, 1.165) is 6.20 Å². The molecule has 22 heavy (non-hydrogen) atoms. The number of nitrogens with one attached hydrogen (secondary N) is 3. The molecule has 0 rings (SSSR count). The van der Waals surface area contributed by atoms with E-state index in [9.17, 15) is 14.4 Å². The summed E-state index contributed by atoms with van der Waals surface area (Å²) in [4.78, 5) is 34.7. The van der Waals surface area contributed by atoms with E-state index >= 15 is 0 Å². The Labute approximate surface area is 129 Å². The summed E-state index contributed by atoms with van der Waals surface area (Å²) in [7, 11) is 1.49. The number of carbonyl (C=O) groups excluding carboxylic acids is 3. The molecule has 0 aliphatic heterocycles. The molecule has 0 saturated carbocycles. The van der Waals surface area contributed by atoms with Crippen molar-refractivity contribution in [1.29, 1.82) is 5.26 Å². The summed E-state index contributed by atoms with van der Waals surface area (Å²) in [5.74, 6) is -1.19. The number of amides is 3. The van der Waals surface area contributed by atoms with Crippen LogP contribution in [0.15, 0.2) is 11.8 Å². The Morgan fingerprint density at radius 2 is 1.91 bits per heavy atom. The van der Waals surface area contributed by atoms with E-state index in [4.69, 9.17) is 5.26 Å². The number of alkyl carbamates (subject to hydrolysis) is 1. The van der Waals surface area contributed by atoms with Crippen molar-refractivity contribution in [2.24, 2.45) is 5.41 Å². The van der Waals surface area contributed by atoms with Crippen LogP contribution in [0.5, 0.6) is 0 Å². The monoisotopic (exact) mass is 310 g/mol. The van der Waals surface area contributed by atoms with Gasteiger partial charge in [-0.2, -0.15) is 5.26 Å². The first kappa shape index (κ1) is 19.4. The minimum absolute atomic E-state index is 0.103. The average molecular weight is 310 g/mol. The Balaban J connectivity index is 5.04. The van der Waals surface area contributed by atoms with Gasteiger partial charge in [-0.25, -0.2) is 4.79 Å². The number of rotatable bonds is 5. The molecular weight excluding hydrogens is 288 g/mol. The molecule has 8 nitrogen and oxygen atoms in total. The van der Waals surface area contributed by atoms with Crippen LogP contribution < -0.4 is 16.0 Å². The second kappa shape index (κ2) is 8.67. The van der Waals surface area contributed by atoms with Gasteiger partial charge in [0.2, 0.25) is 5.91 Å². The van der Waals surface area contributed by atoms with Gasteiger partial charge in [0.05, 0.1) is 6.61 Å². The van der Waals surface area contributed by atoms with Crippen LogP contribution in [0.3, 0.4) is 0 Å². The molecule has 0 heterocycles. The molecule has 8 heteroatoms. The number of hydrogen-bond acceptors (Lipinski definition) is 6. The SMILES string of the molecule is CCOC(=O)NC(=O)/C(C#N)=C\N[C@H](C(=O)NC)C(C)(C)C.